The van der Waals surface area contributed by atoms with E-state index in [1.54, 1.807) is 24.3 Å². The summed E-state index contributed by atoms with van der Waals surface area (Å²) >= 11 is 2.00. The van der Waals surface area contributed by atoms with Gasteiger partial charge >= 0.3 is 5.97 Å². The lowest BCUT2D eigenvalue weighted by molar-refractivity contribution is -0.137. The van der Waals surface area contributed by atoms with Gasteiger partial charge in [0.25, 0.3) is 0 Å². The summed E-state index contributed by atoms with van der Waals surface area (Å²) in [5.74, 6) is -1.48. The third kappa shape index (κ3) is 3.97. The Morgan fingerprint density at radius 3 is 2.62 bits per heavy atom. The molecule has 0 saturated heterocycles. The molecule has 0 aliphatic carbocycles. The van der Waals surface area contributed by atoms with Crippen LogP contribution in [0.15, 0.2) is 24.3 Å². The van der Waals surface area contributed by atoms with Gasteiger partial charge in [-0.15, -0.1) is 0 Å². The van der Waals surface area contributed by atoms with Crippen LogP contribution in [0, 0.1) is 3.57 Å². The maximum absolute atomic E-state index is 11.5. The lowest BCUT2D eigenvalue weighted by Crippen LogP contribution is -2.23. The second-order valence-electron chi connectivity index (χ2n) is 2.92. The fourth-order valence-electron chi connectivity index (χ4n) is 0.962. The molecule has 5 nitrogen and oxygen atoms in total. The maximum atomic E-state index is 11.5. The van der Waals surface area contributed by atoms with Gasteiger partial charge in [0.15, 0.2) is 5.75 Å². The molecule has 1 rings (SSSR count). The van der Waals surface area contributed by atoms with E-state index in [9.17, 15) is 13.2 Å². The zero-order valence-electron chi connectivity index (χ0n) is 8.44. The lowest BCUT2D eigenvalue weighted by Gasteiger charge is -2.08. The Kier molecular flexibility index (Phi) is 4.54. The van der Waals surface area contributed by atoms with E-state index in [1.807, 2.05) is 22.6 Å². The molecule has 0 amide bonds. The van der Waals surface area contributed by atoms with Gasteiger partial charge in [-0.3, -0.25) is 9.52 Å². The highest BCUT2D eigenvalue weighted by Crippen LogP contribution is 2.18. The monoisotopic (exact) mass is 355 g/mol. The van der Waals surface area contributed by atoms with Crippen molar-refractivity contribution in [2.75, 3.05) is 17.6 Å². The number of para-hydroxylation sites is 1. The SMILES string of the molecule is COC(=O)CS(=O)(=O)Nc1ccccc1I. The molecular weight excluding hydrogens is 345 g/mol. The molecule has 7 heteroatoms. The molecular formula is C9H10INO4S. The number of sulfonamides is 1. The first-order valence-electron chi connectivity index (χ1n) is 4.26. The summed E-state index contributed by atoms with van der Waals surface area (Å²) in [4.78, 5) is 10.9. The fraction of sp³-hybridized carbons (Fsp3) is 0.222. The number of anilines is 1. The van der Waals surface area contributed by atoms with Crippen molar-refractivity contribution in [2.24, 2.45) is 0 Å². The zero-order chi connectivity index (χ0) is 12.2. The summed E-state index contributed by atoms with van der Waals surface area (Å²) in [7, 11) is -2.55. The van der Waals surface area contributed by atoms with Crippen molar-refractivity contribution in [2.45, 2.75) is 0 Å². The van der Waals surface area contributed by atoms with Crippen LogP contribution in [0.5, 0.6) is 0 Å². The zero-order valence-corrected chi connectivity index (χ0v) is 11.4. The highest BCUT2D eigenvalue weighted by molar-refractivity contribution is 14.1. The Bertz CT molecular complexity index is 486. The Morgan fingerprint density at radius 2 is 2.06 bits per heavy atom. The molecule has 1 N–H and O–H groups in total. The normalized spacial score (nSPS) is 10.9. The van der Waals surface area contributed by atoms with Crippen molar-refractivity contribution < 1.29 is 17.9 Å². The van der Waals surface area contributed by atoms with Gasteiger partial charge in [-0.25, -0.2) is 8.42 Å². The molecule has 0 aromatic heterocycles. The van der Waals surface area contributed by atoms with E-state index in [0.717, 1.165) is 10.7 Å². The molecule has 0 spiro atoms. The van der Waals surface area contributed by atoms with E-state index >= 15 is 0 Å². The highest BCUT2D eigenvalue weighted by Gasteiger charge is 2.17. The molecule has 1 aromatic carbocycles. The van der Waals surface area contributed by atoms with Crippen LogP contribution in [-0.4, -0.2) is 27.2 Å². The molecule has 0 fully saturated rings. The number of benzene rings is 1. The summed E-state index contributed by atoms with van der Waals surface area (Å²) in [6, 6.07) is 6.88. The molecule has 16 heavy (non-hydrogen) atoms. The number of hydrogen-bond donors (Lipinski definition) is 1. The molecule has 1 aromatic rings. The number of esters is 1. The van der Waals surface area contributed by atoms with Crippen molar-refractivity contribution in [3.05, 3.63) is 27.8 Å². The molecule has 0 heterocycles. The van der Waals surface area contributed by atoms with Gasteiger partial charge in [-0.05, 0) is 34.7 Å². The summed E-state index contributed by atoms with van der Waals surface area (Å²) in [5, 5.41) is 0. The molecule has 88 valence electrons. The van der Waals surface area contributed by atoms with Gasteiger partial charge < -0.3 is 4.74 Å². The smallest absolute Gasteiger partial charge is 0.322 e. The standard InChI is InChI=1S/C9H10INO4S/c1-15-9(12)6-16(13,14)11-8-5-3-2-4-7(8)10/h2-5,11H,6H2,1H3. The predicted molar refractivity (Wildman–Crippen MR) is 68.6 cm³/mol. The highest BCUT2D eigenvalue weighted by atomic mass is 127. The number of rotatable bonds is 4. The van der Waals surface area contributed by atoms with Gasteiger partial charge in [-0.1, -0.05) is 12.1 Å². The van der Waals surface area contributed by atoms with E-state index in [0.29, 0.717) is 5.69 Å². The summed E-state index contributed by atoms with van der Waals surface area (Å²) in [6.07, 6.45) is 0. The van der Waals surface area contributed by atoms with Crippen molar-refractivity contribution in [1.29, 1.82) is 0 Å². The van der Waals surface area contributed by atoms with Gasteiger partial charge in [0, 0.05) is 3.57 Å². The Morgan fingerprint density at radius 1 is 1.44 bits per heavy atom. The largest absolute Gasteiger partial charge is 0.468 e. The van der Waals surface area contributed by atoms with E-state index in [4.69, 9.17) is 0 Å². The second-order valence-corrected chi connectivity index (χ2v) is 5.80. The van der Waals surface area contributed by atoms with E-state index < -0.39 is 21.7 Å². The Balaban J connectivity index is 2.81. The van der Waals surface area contributed by atoms with Gasteiger partial charge in [0.2, 0.25) is 10.0 Å². The Hall–Kier alpha value is -0.830. The minimum atomic E-state index is -3.70. The van der Waals surface area contributed by atoms with Crippen LogP contribution in [-0.2, 0) is 19.6 Å². The number of carbonyl (C=O) groups is 1. The predicted octanol–water partition coefficient (Wildman–Crippen LogP) is 1.21. The molecule has 0 atom stereocenters. The van der Waals surface area contributed by atoms with Crippen molar-refractivity contribution >= 4 is 44.3 Å². The summed E-state index contributed by atoms with van der Waals surface area (Å²) < 4.78 is 30.4. The minimum Gasteiger partial charge on any atom is -0.468 e. The van der Waals surface area contributed by atoms with Crippen LogP contribution in [0.3, 0.4) is 0 Å². The lowest BCUT2D eigenvalue weighted by atomic mass is 10.3. The Labute approximate surface area is 107 Å². The summed E-state index contributed by atoms with van der Waals surface area (Å²) in [5.41, 5.74) is 0.451. The van der Waals surface area contributed by atoms with Crippen molar-refractivity contribution in [3.63, 3.8) is 0 Å². The average molecular weight is 355 g/mol. The number of nitrogens with one attached hydrogen (secondary N) is 1. The number of carbonyl (C=O) groups excluding carboxylic acids is 1. The van der Waals surface area contributed by atoms with Crippen LogP contribution in [0.2, 0.25) is 0 Å². The van der Waals surface area contributed by atoms with Gasteiger partial charge in [-0.2, -0.15) is 0 Å². The summed E-state index contributed by atoms with van der Waals surface area (Å²) in [6.45, 7) is 0. The quantitative estimate of drug-likeness (QED) is 0.651. The first-order chi connectivity index (χ1) is 7.44. The third-order valence-electron chi connectivity index (χ3n) is 1.67. The second kappa shape index (κ2) is 5.48. The van der Waals surface area contributed by atoms with Crippen LogP contribution in [0.1, 0.15) is 0 Å². The van der Waals surface area contributed by atoms with Crippen LogP contribution in [0.4, 0.5) is 5.69 Å². The van der Waals surface area contributed by atoms with Crippen molar-refractivity contribution in [1.82, 2.24) is 0 Å². The molecule has 0 unspecified atom stereocenters. The van der Waals surface area contributed by atoms with Gasteiger partial charge in [0.05, 0.1) is 12.8 Å². The van der Waals surface area contributed by atoms with E-state index in [-0.39, 0.29) is 0 Å². The van der Waals surface area contributed by atoms with Crippen LogP contribution in [0.25, 0.3) is 0 Å². The number of methoxy groups -OCH3 is 1. The maximum Gasteiger partial charge on any atom is 0.322 e. The molecule has 0 aliphatic rings. The number of hydrogen-bond acceptors (Lipinski definition) is 4. The number of ether oxygens (including phenoxy) is 1. The minimum absolute atomic E-state index is 0.451. The first kappa shape index (κ1) is 13.2. The van der Waals surface area contributed by atoms with Crippen LogP contribution >= 0.6 is 22.6 Å². The average Bonchev–Trinajstić information content (AvgIpc) is 2.20. The topological polar surface area (TPSA) is 72.5 Å². The third-order valence-corrected chi connectivity index (χ3v) is 3.76. The van der Waals surface area contributed by atoms with Crippen molar-refractivity contribution in [3.8, 4) is 0 Å². The molecule has 0 radical (unpaired) electrons. The molecule has 0 bridgehead atoms. The fourth-order valence-corrected chi connectivity index (χ4v) is 2.68. The number of halogens is 1. The van der Waals surface area contributed by atoms with E-state index in [1.165, 1.54) is 0 Å². The van der Waals surface area contributed by atoms with Gasteiger partial charge in [0.1, 0.15) is 0 Å². The van der Waals surface area contributed by atoms with E-state index in [2.05, 4.69) is 9.46 Å². The first-order valence-corrected chi connectivity index (χ1v) is 6.99. The van der Waals surface area contributed by atoms with Crippen LogP contribution < -0.4 is 4.72 Å². The molecule has 0 aliphatic heterocycles. The molecule has 0 saturated carbocycles.